The van der Waals surface area contributed by atoms with Gasteiger partial charge in [0.05, 0.1) is 6.04 Å². The molecule has 4 nitrogen and oxygen atoms in total. The molecule has 2 N–H and O–H groups in total. The second-order valence-corrected chi connectivity index (χ2v) is 3.25. The van der Waals surface area contributed by atoms with Gasteiger partial charge in [-0.15, -0.1) is 0 Å². The van der Waals surface area contributed by atoms with Crippen molar-refractivity contribution in [3.63, 3.8) is 0 Å². The van der Waals surface area contributed by atoms with Crippen LogP contribution < -0.4 is 15.0 Å². The van der Waals surface area contributed by atoms with Gasteiger partial charge in [-0.1, -0.05) is 6.07 Å². The van der Waals surface area contributed by atoms with Crippen molar-refractivity contribution in [2.75, 3.05) is 13.2 Å². The van der Waals surface area contributed by atoms with Crippen LogP contribution in [0.4, 0.5) is 0 Å². The first-order valence-corrected chi connectivity index (χ1v) is 4.60. The highest BCUT2D eigenvalue weighted by molar-refractivity contribution is 5.44. The Labute approximate surface area is 82.4 Å². The summed E-state index contributed by atoms with van der Waals surface area (Å²) < 4.78 is 10.8. The van der Waals surface area contributed by atoms with Crippen LogP contribution in [-0.2, 0) is 0 Å². The quantitative estimate of drug-likeness (QED) is 0.702. The summed E-state index contributed by atoms with van der Waals surface area (Å²) in [6.07, 6.45) is 0. The van der Waals surface area contributed by atoms with E-state index in [-0.39, 0.29) is 6.04 Å². The Balaban J connectivity index is 2.29. The van der Waals surface area contributed by atoms with E-state index in [0.717, 1.165) is 17.1 Å². The standard InChI is InChI=1S/C10H13NO3/c1-7(11-12)8-2-3-9-10(6-8)14-5-4-13-9/h2-3,6-7,11-12H,4-5H2,1H3. The minimum absolute atomic E-state index is 0.106. The molecule has 0 aromatic heterocycles. The second kappa shape index (κ2) is 3.86. The maximum absolute atomic E-state index is 8.77. The maximum atomic E-state index is 8.77. The number of fused-ring (bicyclic) bond motifs is 1. The average Bonchev–Trinajstić information content (AvgIpc) is 2.27. The van der Waals surface area contributed by atoms with Gasteiger partial charge in [0, 0.05) is 0 Å². The summed E-state index contributed by atoms with van der Waals surface area (Å²) in [6, 6.07) is 5.53. The molecule has 76 valence electrons. The third-order valence-electron chi connectivity index (χ3n) is 2.26. The van der Waals surface area contributed by atoms with E-state index in [1.807, 2.05) is 25.1 Å². The van der Waals surface area contributed by atoms with Gasteiger partial charge < -0.3 is 14.7 Å². The molecule has 0 saturated carbocycles. The molecule has 0 saturated heterocycles. The Kier molecular flexibility index (Phi) is 2.56. The minimum atomic E-state index is -0.106. The van der Waals surface area contributed by atoms with E-state index in [1.54, 1.807) is 0 Å². The summed E-state index contributed by atoms with van der Waals surface area (Å²) in [6.45, 7) is 3.04. The molecule has 0 spiro atoms. The highest BCUT2D eigenvalue weighted by Crippen LogP contribution is 2.32. The molecule has 1 atom stereocenters. The Bertz CT molecular complexity index is 327. The number of hydroxylamine groups is 1. The largest absolute Gasteiger partial charge is 0.486 e. The molecule has 0 fully saturated rings. The van der Waals surface area contributed by atoms with Crippen molar-refractivity contribution < 1.29 is 14.7 Å². The molecule has 2 rings (SSSR count). The molecular weight excluding hydrogens is 182 g/mol. The second-order valence-electron chi connectivity index (χ2n) is 3.25. The Morgan fingerprint density at radius 1 is 1.29 bits per heavy atom. The lowest BCUT2D eigenvalue weighted by Crippen LogP contribution is -2.17. The highest BCUT2D eigenvalue weighted by Gasteiger charge is 2.13. The van der Waals surface area contributed by atoms with Crippen molar-refractivity contribution in [1.29, 1.82) is 0 Å². The monoisotopic (exact) mass is 195 g/mol. The Morgan fingerprint density at radius 3 is 2.71 bits per heavy atom. The van der Waals surface area contributed by atoms with E-state index < -0.39 is 0 Å². The summed E-state index contributed by atoms with van der Waals surface area (Å²) in [4.78, 5) is 0. The topological polar surface area (TPSA) is 50.7 Å². The predicted octanol–water partition coefficient (Wildman–Crippen LogP) is 1.50. The molecule has 1 aliphatic rings. The molecular formula is C10H13NO3. The van der Waals surface area contributed by atoms with Crippen LogP contribution in [0.25, 0.3) is 0 Å². The molecule has 1 unspecified atom stereocenters. The SMILES string of the molecule is CC(NO)c1ccc2c(c1)OCCO2. The number of nitrogens with one attached hydrogen (secondary N) is 1. The first-order chi connectivity index (χ1) is 6.81. The Hall–Kier alpha value is -1.26. The van der Waals surface area contributed by atoms with E-state index in [1.165, 1.54) is 0 Å². The number of ether oxygens (including phenoxy) is 2. The summed E-state index contributed by atoms with van der Waals surface area (Å²) in [5, 5.41) is 8.77. The summed E-state index contributed by atoms with van der Waals surface area (Å²) >= 11 is 0. The molecule has 1 aromatic carbocycles. The van der Waals surface area contributed by atoms with Crippen LogP contribution in [0.5, 0.6) is 11.5 Å². The maximum Gasteiger partial charge on any atom is 0.161 e. The summed E-state index contributed by atoms with van der Waals surface area (Å²) in [5.41, 5.74) is 3.16. The molecule has 0 amide bonds. The Morgan fingerprint density at radius 2 is 2.00 bits per heavy atom. The number of hydrogen-bond acceptors (Lipinski definition) is 4. The lowest BCUT2D eigenvalue weighted by molar-refractivity contribution is 0.132. The normalized spacial score (nSPS) is 16.4. The van der Waals surface area contributed by atoms with Crippen LogP contribution >= 0.6 is 0 Å². The van der Waals surface area contributed by atoms with Crippen molar-refractivity contribution in [3.05, 3.63) is 23.8 Å². The van der Waals surface area contributed by atoms with Gasteiger partial charge in [0.2, 0.25) is 0 Å². The van der Waals surface area contributed by atoms with E-state index in [0.29, 0.717) is 13.2 Å². The van der Waals surface area contributed by atoms with Gasteiger partial charge in [0.25, 0.3) is 0 Å². The third kappa shape index (κ3) is 1.66. The lowest BCUT2D eigenvalue weighted by atomic mass is 10.1. The third-order valence-corrected chi connectivity index (χ3v) is 2.26. The minimum Gasteiger partial charge on any atom is -0.486 e. The van der Waals surface area contributed by atoms with Gasteiger partial charge in [-0.2, -0.15) is 5.48 Å². The van der Waals surface area contributed by atoms with Crippen LogP contribution in [0.15, 0.2) is 18.2 Å². The van der Waals surface area contributed by atoms with Crippen LogP contribution in [0.1, 0.15) is 18.5 Å². The van der Waals surface area contributed by atoms with E-state index in [4.69, 9.17) is 14.7 Å². The van der Waals surface area contributed by atoms with Crippen LogP contribution in [0, 0.1) is 0 Å². The van der Waals surface area contributed by atoms with Crippen LogP contribution in [0.2, 0.25) is 0 Å². The summed E-state index contributed by atoms with van der Waals surface area (Å²) in [5.74, 6) is 1.51. The van der Waals surface area contributed by atoms with Crippen molar-refractivity contribution in [1.82, 2.24) is 5.48 Å². The molecule has 4 heteroatoms. The van der Waals surface area contributed by atoms with Gasteiger partial charge in [0.15, 0.2) is 11.5 Å². The fraction of sp³-hybridized carbons (Fsp3) is 0.400. The summed E-state index contributed by atoms with van der Waals surface area (Å²) in [7, 11) is 0. The lowest BCUT2D eigenvalue weighted by Gasteiger charge is -2.20. The van der Waals surface area contributed by atoms with Crippen LogP contribution in [0.3, 0.4) is 0 Å². The van der Waals surface area contributed by atoms with Crippen molar-refractivity contribution in [2.45, 2.75) is 13.0 Å². The van der Waals surface area contributed by atoms with Gasteiger partial charge in [-0.05, 0) is 24.6 Å². The zero-order valence-corrected chi connectivity index (χ0v) is 7.99. The van der Waals surface area contributed by atoms with Crippen molar-refractivity contribution in [3.8, 4) is 11.5 Å². The first kappa shape index (κ1) is 9.30. The fourth-order valence-corrected chi connectivity index (χ4v) is 1.40. The molecule has 1 aliphatic heterocycles. The number of rotatable bonds is 2. The molecule has 1 heterocycles. The predicted molar refractivity (Wildman–Crippen MR) is 50.8 cm³/mol. The first-order valence-electron chi connectivity index (χ1n) is 4.60. The fourth-order valence-electron chi connectivity index (χ4n) is 1.40. The van der Waals surface area contributed by atoms with Crippen LogP contribution in [-0.4, -0.2) is 18.4 Å². The average molecular weight is 195 g/mol. The number of benzene rings is 1. The zero-order valence-electron chi connectivity index (χ0n) is 7.99. The smallest absolute Gasteiger partial charge is 0.161 e. The molecule has 14 heavy (non-hydrogen) atoms. The van der Waals surface area contributed by atoms with E-state index in [2.05, 4.69) is 5.48 Å². The highest BCUT2D eigenvalue weighted by atomic mass is 16.6. The zero-order chi connectivity index (χ0) is 9.97. The van der Waals surface area contributed by atoms with E-state index in [9.17, 15) is 0 Å². The van der Waals surface area contributed by atoms with Gasteiger partial charge >= 0.3 is 0 Å². The van der Waals surface area contributed by atoms with Crippen molar-refractivity contribution >= 4 is 0 Å². The van der Waals surface area contributed by atoms with Gasteiger partial charge in [-0.25, -0.2) is 0 Å². The molecule has 0 aliphatic carbocycles. The molecule has 0 bridgehead atoms. The van der Waals surface area contributed by atoms with Gasteiger partial charge in [0.1, 0.15) is 13.2 Å². The van der Waals surface area contributed by atoms with E-state index >= 15 is 0 Å². The molecule has 0 radical (unpaired) electrons. The number of hydrogen-bond donors (Lipinski definition) is 2. The molecule has 1 aromatic rings. The van der Waals surface area contributed by atoms with Gasteiger partial charge in [-0.3, -0.25) is 0 Å². The van der Waals surface area contributed by atoms with Crippen molar-refractivity contribution in [2.24, 2.45) is 0 Å².